The van der Waals surface area contributed by atoms with Gasteiger partial charge in [-0.2, -0.15) is 0 Å². The van der Waals surface area contributed by atoms with Crippen molar-refractivity contribution >= 4 is 11.6 Å². The van der Waals surface area contributed by atoms with Crippen molar-refractivity contribution in [3.8, 4) is 5.75 Å². The van der Waals surface area contributed by atoms with Crippen LogP contribution in [0.15, 0.2) is 18.2 Å². The number of carbonyl (C=O) groups is 1. The highest BCUT2D eigenvalue weighted by Gasteiger charge is 2.26. The summed E-state index contributed by atoms with van der Waals surface area (Å²) in [4.78, 5) is 22.3. The van der Waals surface area contributed by atoms with Crippen molar-refractivity contribution in [2.45, 2.75) is 31.9 Å². The van der Waals surface area contributed by atoms with Gasteiger partial charge in [0.2, 0.25) is 0 Å². The predicted molar refractivity (Wildman–Crippen MR) is 72.3 cm³/mol. The Hall–Kier alpha value is -2.15. The molecule has 1 atom stereocenters. The molecule has 1 fully saturated rings. The molecule has 2 rings (SSSR count). The first-order chi connectivity index (χ1) is 9.61. The van der Waals surface area contributed by atoms with Gasteiger partial charge in [-0.25, -0.2) is 0 Å². The van der Waals surface area contributed by atoms with E-state index in [4.69, 9.17) is 10.5 Å². The summed E-state index contributed by atoms with van der Waals surface area (Å²) >= 11 is 0. The molecule has 0 spiro atoms. The molecule has 0 aromatic heterocycles. The fourth-order valence-electron chi connectivity index (χ4n) is 2.11. The number of carbonyl (C=O) groups excluding carboxylic acids is 1. The van der Waals surface area contributed by atoms with E-state index in [1.807, 2.05) is 0 Å². The molecule has 0 aliphatic carbocycles. The zero-order chi connectivity index (χ0) is 14.5. The molecule has 1 aliphatic rings. The molecule has 108 valence electrons. The average molecular weight is 279 g/mol. The van der Waals surface area contributed by atoms with Crippen molar-refractivity contribution in [3.63, 3.8) is 0 Å². The normalized spacial score (nSPS) is 19.1. The monoisotopic (exact) mass is 279 g/mol. The number of nitrogens with one attached hydrogen (secondary N) is 1. The number of rotatable bonds is 4. The number of benzene rings is 1. The molecule has 1 unspecified atom stereocenters. The van der Waals surface area contributed by atoms with E-state index in [0.717, 1.165) is 12.8 Å². The Balaban J connectivity index is 2.23. The molecule has 1 saturated heterocycles. The molecule has 3 N–H and O–H groups in total. The van der Waals surface area contributed by atoms with Crippen LogP contribution in [0.25, 0.3) is 0 Å². The smallest absolute Gasteiger partial charge is 0.311 e. The van der Waals surface area contributed by atoms with Crippen LogP contribution in [0, 0.1) is 10.1 Å². The summed E-state index contributed by atoms with van der Waals surface area (Å²) < 4.78 is 5.54. The van der Waals surface area contributed by atoms with Gasteiger partial charge in [0, 0.05) is 19.2 Å². The minimum Gasteiger partial charge on any atom is -0.473 e. The van der Waals surface area contributed by atoms with E-state index in [1.54, 1.807) is 6.07 Å². The van der Waals surface area contributed by atoms with E-state index in [9.17, 15) is 14.9 Å². The maximum absolute atomic E-state index is 11.8. The lowest BCUT2D eigenvalue weighted by Gasteiger charge is -2.16. The molecule has 1 aromatic rings. The summed E-state index contributed by atoms with van der Waals surface area (Å²) in [5.41, 5.74) is 5.95. The standard InChI is InChI=1S/C13H17N3O4/c14-8-9-4-5-11(10(7-9)16(18)19)20-12-3-1-2-6-15-13(12)17/h4-5,7,12H,1-3,6,8,14H2,(H,15,17). The molecule has 0 radical (unpaired) electrons. The second-order valence-corrected chi connectivity index (χ2v) is 4.66. The van der Waals surface area contributed by atoms with Gasteiger partial charge >= 0.3 is 5.69 Å². The first kappa shape index (κ1) is 14.3. The third kappa shape index (κ3) is 3.24. The largest absolute Gasteiger partial charge is 0.473 e. The van der Waals surface area contributed by atoms with Gasteiger partial charge < -0.3 is 15.8 Å². The zero-order valence-corrected chi connectivity index (χ0v) is 11.0. The van der Waals surface area contributed by atoms with Gasteiger partial charge in [0.25, 0.3) is 5.91 Å². The summed E-state index contributed by atoms with van der Waals surface area (Å²) in [6.45, 7) is 0.831. The minimum absolute atomic E-state index is 0.106. The quantitative estimate of drug-likeness (QED) is 0.634. The molecule has 7 nitrogen and oxygen atoms in total. The van der Waals surface area contributed by atoms with Gasteiger partial charge in [0.15, 0.2) is 11.9 Å². The minimum atomic E-state index is -0.681. The maximum atomic E-state index is 11.8. The van der Waals surface area contributed by atoms with Gasteiger partial charge in [0.05, 0.1) is 4.92 Å². The number of nitrogens with two attached hydrogens (primary N) is 1. The summed E-state index contributed by atoms with van der Waals surface area (Å²) in [6.07, 6.45) is 1.61. The van der Waals surface area contributed by atoms with Gasteiger partial charge in [-0.1, -0.05) is 6.07 Å². The van der Waals surface area contributed by atoms with Gasteiger partial charge in [-0.15, -0.1) is 0 Å². The topological polar surface area (TPSA) is 107 Å². The van der Waals surface area contributed by atoms with Crippen molar-refractivity contribution in [1.82, 2.24) is 5.32 Å². The molecule has 1 heterocycles. The first-order valence-corrected chi connectivity index (χ1v) is 6.53. The number of hydrogen-bond donors (Lipinski definition) is 2. The van der Waals surface area contributed by atoms with Crippen LogP contribution >= 0.6 is 0 Å². The van der Waals surface area contributed by atoms with E-state index in [-0.39, 0.29) is 23.9 Å². The Bertz CT molecular complexity index is 518. The molecule has 20 heavy (non-hydrogen) atoms. The van der Waals surface area contributed by atoms with E-state index in [2.05, 4.69) is 5.32 Å². The van der Waals surface area contributed by atoms with E-state index < -0.39 is 11.0 Å². The second kappa shape index (κ2) is 6.33. The summed E-state index contributed by atoms with van der Waals surface area (Å²) in [7, 11) is 0. The molecule has 0 saturated carbocycles. The van der Waals surface area contributed by atoms with Crippen molar-refractivity contribution in [3.05, 3.63) is 33.9 Å². The molecule has 1 amide bonds. The third-order valence-electron chi connectivity index (χ3n) is 3.21. The molecule has 1 aromatic carbocycles. The maximum Gasteiger partial charge on any atom is 0.311 e. The van der Waals surface area contributed by atoms with Crippen molar-refractivity contribution < 1.29 is 14.5 Å². The Morgan fingerprint density at radius 1 is 1.45 bits per heavy atom. The Morgan fingerprint density at radius 2 is 2.25 bits per heavy atom. The summed E-state index contributed by atoms with van der Waals surface area (Å²) in [6, 6.07) is 4.54. The number of hydrogen-bond acceptors (Lipinski definition) is 5. The van der Waals surface area contributed by atoms with E-state index >= 15 is 0 Å². The van der Waals surface area contributed by atoms with Crippen molar-refractivity contribution in [2.24, 2.45) is 5.73 Å². The fraction of sp³-hybridized carbons (Fsp3) is 0.462. The van der Waals surface area contributed by atoms with Gasteiger partial charge in [0.1, 0.15) is 0 Å². The van der Waals surface area contributed by atoms with Crippen LogP contribution in [0.4, 0.5) is 5.69 Å². The lowest BCUT2D eigenvalue weighted by molar-refractivity contribution is -0.386. The number of nitrogens with zero attached hydrogens (tertiary/aromatic N) is 1. The third-order valence-corrected chi connectivity index (χ3v) is 3.21. The summed E-state index contributed by atoms with van der Waals surface area (Å²) in [5.74, 6) is -0.117. The highest BCUT2D eigenvalue weighted by molar-refractivity contribution is 5.81. The highest BCUT2D eigenvalue weighted by atomic mass is 16.6. The number of nitro groups is 1. The van der Waals surface area contributed by atoms with Crippen LogP contribution in [0.1, 0.15) is 24.8 Å². The van der Waals surface area contributed by atoms with Gasteiger partial charge in [-0.05, 0) is 30.9 Å². The molecular formula is C13H17N3O4. The molecular weight excluding hydrogens is 262 g/mol. The van der Waals surface area contributed by atoms with Crippen LogP contribution in [0.2, 0.25) is 0 Å². The van der Waals surface area contributed by atoms with Gasteiger partial charge in [-0.3, -0.25) is 14.9 Å². The summed E-state index contributed by atoms with van der Waals surface area (Å²) in [5, 5.41) is 13.8. The van der Waals surface area contributed by atoms with Crippen LogP contribution in [0.5, 0.6) is 5.75 Å². The zero-order valence-electron chi connectivity index (χ0n) is 11.0. The van der Waals surface area contributed by atoms with E-state index in [1.165, 1.54) is 12.1 Å². The highest BCUT2D eigenvalue weighted by Crippen LogP contribution is 2.29. The van der Waals surface area contributed by atoms with E-state index in [0.29, 0.717) is 18.5 Å². The van der Waals surface area contributed by atoms with Crippen molar-refractivity contribution in [2.75, 3.05) is 6.54 Å². The Kier molecular flexibility index (Phi) is 4.52. The van der Waals surface area contributed by atoms with Crippen molar-refractivity contribution in [1.29, 1.82) is 0 Å². The Morgan fingerprint density at radius 3 is 2.95 bits per heavy atom. The van der Waals surface area contributed by atoms with Crippen LogP contribution in [-0.4, -0.2) is 23.5 Å². The van der Waals surface area contributed by atoms with Crippen LogP contribution < -0.4 is 15.8 Å². The fourth-order valence-corrected chi connectivity index (χ4v) is 2.11. The first-order valence-electron chi connectivity index (χ1n) is 6.53. The number of amides is 1. The number of ether oxygens (including phenoxy) is 1. The second-order valence-electron chi connectivity index (χ2n) is 4.66. The average Bonchev–Trinajstić information content (AvgIpc) is 2.64. The lowest BCUT2D eigenvalue weighted by Crippen LogP contribution is -2.36. The Labute approximate surface area is 116 Å². The SMILES string of the molecule is NCc1ccc(OC2CCCCNC2=O)c([N+](=O)[O-])c1. The van der Waals surface area contributed by atoms with Crippen LogP contribution in [0.3, 0.4) is 0 Å². The molecule has 0 bridgehead atoms. The molecule has 7 heteroatoms. The lowest BCUT2D eigenvalue weighted by atomic mass is 10.1. The molecule has 1 aliphatic heterocycles. The number of nitro benzene ring substituents is 1. The predicted octanol–water partition coefficient (Wildman–Crippen LogP) is 1.10. The van der Waals surface area contributed by atoms with Crippen LogP contribution in [-0.2, 0) is 11.3 Å².